The number of hydrogen-bond donors (Lipinski definition) is 0. The summed E-state index contributed by atoms with van der Waals surface area (Å²) in [7, 11) is 0. The highest BCUT2D eigenvalue weighted by Crippen LogP contribution is 2.17. The number of Topliss-reactive ketones (excluding diaryl/α,β-unsaturated/α-hetero) is 1. The van der Waals surface area contributed by atoms with Crippen LogP contribution in [-0.4, -0.2) is 12.4 Å². The van der Waals surface area contributed by atoms with Crippen molar-refractivity contribution in [1.29, 1.82) is 5.26 Å². The van der Waals surface area contributed by atoms with Gasteiger partial charge in [-0.15, -0.1) is 0 Å². The second-order valence-electron chi connectivity index (χ2n) is 4.91. The van der Waals surface area contributed by atoms with Gasteiger partial charge >= 0.3 is 0 Å². The molecule has 0 aliphatic heterocycles. The highest BCUT2D eigenvalue weighted by atomic mass is 16.5. The monoisotopic (exact) mass is 287 g/mol. The van der Waals surface area contributed by atoms with Crippen LogP contribution in [-0.2, 0) is 0 Å². The van der Waals surface area contributed by atoms with Crippen LogP contribution in [0.3, 0.4) is 0 Å². The first-order chi connectivity index (χ1) is 10.8. The molecule has 22 heavy (non-hydrogen) atoms. The fraction of sp³-hybridized carbons (Fsp3) is 0.0526. The Morgan fingerprint density at radius 2 is 1.68 bits per heavy atom. The predicted molar refractivity (Wildman–Crippen MR) is 84.9 cm³/mol. The number of hydrogen-bond acceptors (Lipinski definition) is 3. The Labute approximate surface area is 128 Å². The highest BCUT2D eigenvalue weighted by molar-refractivity contribution is 6.00. The maximum atomic E-state index is 12.2. The van der Waals surface area contributed by atoms with Crippen molar-refractivity contribution < 1.29 is 9.53 Å². The summed E-state index contributed by atoms with van der Waals surface area (Å²) >= 11 is 0. The van der Waals surface area contributed by atoms with E-state index in [0.717, 1.165) is 10.8 Å². The number of nitriles is 1. The minimum atomic E-state index is -0.0740. The molecule has 3 aromatic carbocycles. The molecule has 0 unspecified atom stereocenters. The van der Waals surface area contributed by atoms with Gasteiger partial charge in [-0.1, -0.05) is 36.4 Å². The molecule has 0 aromatic heterocycles. The van der Waals surface area contributed by atoms with Gasteiger partial charge in [0.2, 0.25) is 0 Å². The molecule has 0 bridgehead atoms. The van der Waals surface area contributed by atoms with Crippen LogP contribution in [0.1, 0.15) is 15.9 Å². The molecule has 0 saturated carbocycles. The average molecular weight is 287 g/mol. The minimum Gasteiger partial charge on any atom is -0.485 e. The molecule has 0 radical (unpaired) electrons. The lowest BCUT2D eigenvalue weighted by molar-refractivity contribution is 0.0921. The molecular weight excluding hydrogens is 274 g/mol. The van der Waals surface area contributed by atoms with Gasteiger partial charge in [0.15, 0.2) is 12.4 Å². The number of rotatable bonds is 4. The zero-order valence-electron chi connectivity index (χ0n) is 11.8. The number of carbonyl (C=O) groups excluding carboxylic acids is 1. The SMILES string of the molecule is N#Cc1ccc(OCC(=O)c2ccc3ccccc3c2)cc1. The first kappa shape index (κ1) is 13.8. The van der Waals surface area contributed by atoms with Crippen molar-refractivity contribution in [2.75, 3.05) is 6.61 Å². The van der Waals surface area contributed by atoms with Gasteiger partial charge in [0, 0.05) is 5.56 Å². The third-order valence-electron chi connectivity index (χ3n) is 3.42. The molecule has 0 aliphatic rings. The summed E-state index contributed by atoms with van der Waals surface area (Å²) in [5, 5.41) is 10.9. The van der Waals surface area contributed by atoms with Crippen LogP contribution < -0.4 is 4.74 Å². The van der Waals surface area contributed by atoms with Crippen molar-refractivity contribution in [3.63, 3.8) is 0 Å². The van der Waals surface area contributed by atoms with E-state index in [1.54, 1.807) is 24.3 Å². The lowest BCUT2D eigenvalue weighted by Crippen LogP contribution is -2.11. The van der Waals surface area contributed by atoms with E-state index in [-0.39, 0.29) is 12.4 Å². The van der Waals surface area contributed by atoms with Gasteiger partial charge in [0.1, 0.15) is 5.75 Å². The Balaban J connectivity index is 1.71. The lowest BCUT2D eigenvalue weighted by Gasteiger charge is -2.06. The van der Waals surface area contributed by atoms with Gasteiger partial charge in [-0.25, -0.2) is 0 Å². The number of fused-ring (bicyclic) bond motifs is 1. The highest BCUT2D eigenvalue weighted by Gasteiger charge is 2.07. The molecule has 106 valence electrons. The largest absolute Gasteiger partial charge is 0.485 e. The number of ketones is 1. The van der Waals surface area contributed by atoms with E-state index in [1.807, 2.05) is 48.5 Å². The number of carbonyl (C=O) groups is 1. The quantitative estimate of drug-likeness (QED) is 0.682. The van der Waals surface area contributed by atoms with Crippen molar-refractivity contribution in [2.45, 2.75) is 0 Å². The second-order valence-corrected chi connectivity index (χ2v) is 4.91. The van der Waals surface area contributed by atoms with Crippen LogP contribution in [0, 0.1) is 11.3 Å². The number of nitrogens with zero attached hydrogens (tertiary/aromatic N) is 1. The van der Waals surface area contributed by atoms with E-state index >= 15 is 0 Å². The van der Waals surface area contributed by atoms with E-state index < -0.39 is 0 Å². The second kappa shape index (κ2) is 6.11. The van der Waals surface area contributed by atoms with Gasteiger partial charge in [0.25, 0.3) is 0 Å². The Morgan fingerprint density at radius 3 is 2.41 bits per heavy atom. The van der Waals surface area contributed by atoms with Crippen LogP contribution in [0.4, 0.5) is 0 Å². The van der Waals surface area contributed by atoms with E-state index in [4.69, 9.17) is 10.00 Å². The molecule has 0 aliphatic carbocycles. The van der Waals surface area contributed by atoms with E-state index in [0.29, 0.717) is 16.9 Å². The third-order valence-corrected chi connectivity index (χ3v) is 3.42. The fourth-order valence-electron chi connectivity index (χ4n) is 2.22. The molecule has 0 spiro atoms. The Kier molecular flexibility index (Phi) is 3.84. The zero-order valence-corrected chi connectivity index (χ0v) is 11.8. The molecule has 3 heteroatoms. The number of ether oxygens (including phenoxy) is 1. The van der Waals surface area contributed by atoms with Crippen LogP contribution in [0.2, 0.25) is 0 Å². The maximum Gasteiger partial charge on any atom is 0.200 e. The van der Waals surface area contributed by atoms with E-state index in [2.05, 4.69) is 0 Å². The standard InChI is InChI=1S/C19H13NO2/c20-12-14-5-9-18(10-6-14)22-13-19(21)17-8-7-15-3-1-2-4-16(15)11-17/h1-11H,13H2. The van der Waals surface area contributed by atoms with E-state index in [9.17, 15) is 4.79 Å². The van der Waals surface area contributed by atoms with Gasteiger partial charge in [-0.2, -0.15) is 5.26 Å². The van der Waals surface area contributed by atoms with Crippen molar-refractivity contribution in [2.24, 2.45) is 0 Å². The van der Waals surface area contributed by atoms with Crippen LogP contribution in [0.5, 0.6) is 5.75 Å². The van der Waals surface area contributed by atoms with Gasteiger partial charge < -0.3 is 4.74 Å². The van der Waals surface area contributed by atoms with Gasteiger partial charge in [-0.05, 0) is 41.1 Å². The summed E-state index contributed by atoms with van der Waals surface area (Å²) < 4.78 is 5.47. The minimum absolute atomic E-state index is 0.0236. The van der Waals surface area contributed by atoms with E-state index in [1.165, 1.54) is 0 Å². The first-order valence-corrected chi connectivity index (χ1v) is 6.91. The molecule has 0 atom stereocenters. The Bertz CT molecular complexity index is 860. The summed E-state index contributed by atoms with van der Waals surface area (Å²) in [6.45, 7) is -0.0236. The molecule has 3 rings (SSSR count). The average Bonchev–Trinajstić information content (AvgIpc) is 2.59. The molecular formula is C19H13NO2. The summed E-state index contributed by atoms with van der Waals surface area (Å²) in [6, 6.07) is 22.3. The first-order valence-electron chi connectivity index (χ1n) is 6.91. The maximum absolute atomic E-state index is 12.2. The third kappa shape index (κ3) is 2.97. The normalized spacial score (nSPS) is 10.1. The van der Waals surface area contributed by atoms with Crippen molar-refractivity contribution in [1.82, 2.24) is 0 Å². The van der Waals surface area contributed by atoms with Crippen LogP contribution >= 0.6 is 0 Å². The fourth-order valence-corrected chi connectivity index (χ4v) is 2.22. The molecule has 0 amide bonds. The lowest BCUT2D eigenvalue weighted by atomic mass is 10.0. The Hall–Kier alpha value is -3.12. The molecule has 0 saturated heterocycles. The van der Waals surface area contributed by atoms with Crippen LogP contribution in [0.25, 0.3) is 10.8 Å². The topological polar surface area (TPSA) is 50.1 Å². The van der Waals surface area contributed by atoms with Gasteiger partial charge in [0.05, 0.1) is 11.6 Å². The molecule has 3 nitrogen and oxygen atoms in total. The summed E-state index contributed by atoms with van der Waals surface area (Å²) in [5.41, 5.74) is 1.19. The van der Waals surface area contributed by atoms with Crippen molar-refractivity contribution in [3.05, 3.63) is 77.9 Å². The smallest absolute Gasteiger partial charge is 0.200 e. The number of benzene rings is 3. The van der Waals surface area contributed by atoms with Gasteiger partial charge in [-0.3, -0.25) is 4.79 Å². The molecule has 3 aromatic rings. The molecule has 0 N–H and O–H groups in total. The van der Waals surface area contributed by atoms with Crippen LogP contribution in [0.15, 0.2) is 66.7 Å². The molecule has 0 fully saturated rings. The summed E-state index contributed by atoms with van der Waals surface area (Å²) in [6.07, 6.45) is 0. The van der Waals surface area contributed by atoms with Crippen molar-refractivity contribution >= 4 is 16.6 Å². The summed E-state index contributed by atoms with van der Waals surface area (Å²) in [4.78, 5) is 12.2. The summed E-state index contributed by atoms with van der Waals surface area (Å²) in [5.74, 6) is 0.503. The molecule has 0 heterocycles. The zero-order chi connectivity index (χ0) is 15.4. The Morgan fingerprint density at radius 1 is 0.955 bits per heavy atom. The van der Waals surface area contributed by atoms with Crippen molar-refractivity contribution in [3.8, 4) is 11.8 Å². The predicted octanol–water partition coefficient (Wildman–Crippen LogP) is 3.97.